The van der Waals surface area contributed by atoms with Crippen molar-refractivity contribution < 1.29 is 13.2 Å². The summed E-state index contributed by atoms with van der Waals surface area (Å²) in [5.41, 5.74) is 3.27. The lowest BCUT2D eigenvalue weighted by Crippen LogP contribution is -2.52. The van der Waals surface area contributed by atoms with E-state index in [1.807, 2.05) is 60.7 Å². The Bertz CT molecular complexity index is 972. The van der Waals surface area contributed by atoms with Crippen LogP contribution in [0.1, 0.15) is 31.2 Å². The van der Waals surface area contributed by atoms with E-state index < -0.39 is 10.0 Å². The molecule has 8 nitrogen and oxygen atoms in total. The number of aromatic nitrogens is 2. The van der Waals surface area contributed by atoms with Crippen LogP contribution in [0.15, 0.2) is 30.3 Å². The fraction of sp³-hybridized carbons (Fsp3) is 0.500. The molecule has 2 atom stereocenters. The number of hydrogen-bond donors (Lipinski definition) is 2. The average molecular weight is 420 g/mol. The zero-order valence-corrected chi connectivity index (χ0v) is 18.2. The smallest absolute Gasteiger partial charge is 0.241 e. The van der Waals surface area contributed by atoms with Crippen molar-refractivity contribution in [1.29, 1.82) is 0 Å². The van der Waals surface area contributed by atoms with Crippen LogP contribution in [0.2, 0.25) is 0 Å². The monoisotopic (exact) mass is 419 g/mol. The third-order valence-corrected chi connectivity index (χ3v) is 6.06. The van der Waals surface area contributed by atoms with Crippen LogP contribution in [0.25, 0.3) is 5.69 Å². The zero-order chi connectivity index (χ0) is 21.2. The lowest BCUT2D eigenvalue weighted by Gasteiger charge is -2.36. The second-order valence-electron chi connectivity index (χ2n) is 7.68. The van der Waals surface area contributed by atoms with Crippen LogP contribution in [0.5, 0.6) is 0 Å². The van der Waals surface area contributed by atoms with Gasteiger partial charge in [0.2, 0.25) is 15.9 Å². The van der Waals surface area contributed by atoms with Gasteiger partial charge >= 0.3 is 0 Å². The minimum atomic E-state index is -3.26. The number of piperidine rings is 1. The predicted molar refractivity (Wildman–Crippen MR) is 114 cm³/mol. The fourth-order valence-electron chi connectivity index (χ4n) is 3.79. The molecule has 1 amide bonds. The molecule has 0 radical (unpaired) electrons. The zero-order valence-electron chi connectivity index (χ0n) is 17.3. The van der Waals surface area contributed by atoms with Crippen molar-refractivity contribution in [2.75, 3.05) is 24.7 Å². The number of hydrogen-bond acceptors (Lipinski definition) is 5. The van der Waals surface area contributed by atoms with Gasteiger partial charge in [-0.1, -0.05) is 18.2 Å². The first-order chi connectivity index (χ1) is 13.7. The molecular weight excluding hydrogens is 390 g/mol. The number of rotatable bonds is 6. The SMILES string of the molecule is Cc1nn(-c2ccccc2)c(C)c1NC(=O)[C@@H](C)N1CCC[C@H](NS(C)(=O)=O)C1. The Labute approximate surface area is 172 Å². The van der Waals surface area contributed by atoms with Gasteiger partial charge in [0.1, 0.15) is 0 Å². The molecule has 9 heteroatoms. The van der Waals surface area contributed by atoms with Gasteiger partial charge in [-0.05, 0) is 52.3 Å². The van der Waals surface area contributed by atoms with E-state index >= 15 is 0 Å². The lowest BCUT2D eigenvalue weighted by atomic mass is 10.0. The Morgan fingerprint density at radius 1 is 1.24 bits per heavy atom. The highest BCUT2D eigenvalue weighted by Gasteiger charge is 2.29. The van der Waals surface area contributed by atoms with Gasteiger partial charge in [-0.3, -0.25) is 9.69 Å². The molecule has 1 fully saturated rings. The molecule has 29 heavy (non-hydrogen) atoms. The summed E-state index contributed by atoms with van der Waals surface area (Å²) in [4.78, 5) is 14.9. The van der Waals surface area contributed by atoms with Gasteiger partial charge in [0.05, 0.1) is 35.1 Å². The molecule has 1 aromatic heterocycles. The summed E-state index contributed by atoms with van der Waals surface area (Å²) in [5.74, 6) is -0.121. The van der Waals surface area contributed by atoms with Crippen molar-refractivity contribution in [2.24, 2.45) is 0 Å². The standard InChI is InChI=1S/C20H29N5O3S/c1-14-19(15(2)25(22-14)18-10-6-5-7-11-18)21-20(26)16(3)24-12-8-9-17(13-24)23-29(4,27)28/h5-7,10-11,16-17,23H,8-9,12-13H2,1-4H3,(H,21,26)/t16-,17+/m1/s1. The first-order valence-electron chi connectivity index (χ1n) is 9.79. The van der Waals surface area contributed by atoms with Crippen LogP contribution in [0, 0.1) is 13.8 Å². The number of anilines is 1. The van der Waals surface area contributed by atoms with E-state index in [-0.39, 0.29) is 18.0 Å². The lowest BCUT2D eigenvalue weighted by molar-refractivity contribution is -0.121. The number of carbonyl (C=O) groups is 1. The highest BCUT2D eigenvalue weighted by molar-refractivity contribution is 7.88. The van der Waals surface area contributed by atoms with Gasteiger partial charge in [0, 0.05) is 12.6 Å². The minimum Gasteiger partial charge on any atom is -0.322 e. The number of sulfonamides is 1. The highest BCUT2D eigenvalue weighted by atomic mass is 32.2. The number of nitrogens with one attached hydrogen (secondary N) is 2. The van der Waals surface area contributed by atoms with Crippen LogP contribution in [-0.2, 0) is 14.8 Å². The number of aryl methyl sites for hydroxylation is 1. The van der Waals surface area contributed by atoms with E-state index in [1.54, 1.807) is 0 Å². The van der Waals surface area contributed by atoms with Gasteiger partial charge in [-0.2, -0.15) is 5.10 Å². The number of likely N-dealkylation sites (tertiary alicyclic amines) is 1. The Kier molecular flexibility index (Phi) is 6.40. The van der Waals surface area contributed by atoms with Gasteiger partial charge in [-0.15, -0.1) is 0 Å². The van der Waals surface area contributed by atoms with Crippen LogP contribution in [-0.4, -0.2) is 60.4 Å². The summed E-state index contributed by atoms with van der Waals surface area (Å²) in [6, 6.07) is 9.24. The van der Waals surface area contributed by atoms with Crippen molar-refractivity contribution in [1.82, 2.24) is 19.4 Å². The average Bonchev–Trinajstić information content (AvgIpc) is 2.95. The minimum absolute atomic E-state index is 0.121. The second-order valence-corrected chi connectivity index (χ2v) is 9.46. The summed E-state index contributed by atoms with van der Waals surface area (Å²) < 4.78 is 27.5. The molecule has 0 unspecified atom stereocenters. The summed E-state index contributed by atoms with van der Waals surface area (Å²) in [7, 11) is -3.26. The molecule has 2 N–H and O–H groups in total. The molecular formula is C20H29N5O3S. The van der Waals surface area contributed by atoms with Crippen molar-refractivity contribution in [3.8, 4) is 5.69 Å². The largest absolute Gasteiger partial charge is 0.322 e. The summed E-state index contributed by atoms with van der Waals surface area (Å²) in [6.45, 7) is 6.94. The molecule has 158 valence electrons. The molecule has 0 saturated carbocycles. The van der Waals surface area contributed by atoms with E-state index in [2.05, 4.69) is 15.1 Å². The third kappa shape index (κ3) is 5.23. The Balaban J connectivity index is 1.71. The van der Waals surface area contributed by atoms with E-state index in [9.17, 15) is 13.2 Å². The van der Waals surface area contributed by atoms with Crippen molar-refractivity contribution >= 4 is 21.6 Å². The Morgan fingerprint density at radius 3 is 2.59 bits per heavy atom. The second kappa shape index (κ2) is 8.64. The van der Waals surface area contributed by atoms with E-state index in [0.29, 0.717) is 12.2 Å². The normalized spacial score (nSPS) is 19.1. The summed E-state index contributed by atoms with van der Waals surface area (Å²) in [5, 5.41) is 7.60. The summed E-state index contributed by atoms with van der Waals surface area (Å²) in [6.07, 6.45) is 2.78. The number of para-hydroxylation sites is 1. The molecule has 0 aliphatic carbocycles. The van der Waals surface area contributed by atoms with Gasteiger partial charge in [-0.25, -0.2) is 17.8 Å². The first kappa shape index (κ1) is 21.5. The number of carbonyl (C=O) groups excluding carboxylic acids is 1. The molecule has 0 bridgehead atoms. The van der Waals surface area contributed by atoms with Gasteiger partial charge in [0.25, 0.3) is 0 Å². The van der Waals surface area contributed by atoms with Crippen LogP contribution >= 0.6 is 0 Å². The van der Waals surface area contributed by atoms with Crippen molar-refractivity contribution in [3.63, 3.8) is 0 Å². The Hall–Kier alpha value is -2.23. The van der Waals surface area contributed by atoms with Gasteiger partial charge < -0.3 is 5.32 Å². The van der Waals surface area contributed by atoms with E-state index in [4.69, 9.17) is 0 Å². The molecule has 0 spiro atoms. The first-order valence-corrected chi connectivity index (χ1v) is 11.7. The number of amides is 1. The van der Waals surface area contributed by atoms with Gasteiger partial charge in [0.15, 0.2) is 0 Å². The topological polar surface area (TPSA) is 96.3 Å². The molecule has 3 rings (SSSR count). The number of benzene rings is 1. The Morgan fingerprint density at radius 2 is 1.93 bits per heavy atom. The van der Waals surface area contributed by atoms with Crippen molar-refractivity contribution in [3.05, 3.63) is 41.7 Å². The molecule has 1 aliphatic rings. The predicted octanol–water partition coefficient (Wildman–Crippen LogP) is 1.83. The number of nitrogens with zero attached hydrogens (tertiary/aromatic N) is 3. The third-order valence-electron chi connectivity index (χ3n) is 5.30. The molecule has 2 aromatic rings. The highest BCUT2D eigenvalue weighted by Crippen LogP contribution is 2.23. The fourth-order valence-corrected chi connectivity index (χ4v) is 4.59. The maximum Gasteiger partial charge on any atom is 0.241 e. The molecule has 1 aromatic carbocycles. The van der Waals surface area contributed by atoms with Crippen molar-refractivity contribution in [2.45, 2.75) is 45.7 Å². The molecule has 1 aliphatic heterocycles. The van der Waals surface area contributed by atoms with Crippen LogP contribution in [0.4, 0.5) is 5.69 Å². The molecule has 1 saturated heterocycles. The van der Waals surface area contributed by atoms with Crippen LogP contribution in [0.3, 0.4) is 0 Å². The summed E-state index contributed by atoms with van der Waals surface area (Å²) >= 11 is 0. The van der Waals surface area contributed by atoms with E-state index in [1.165, 1.54) is 0 Å². The molecule has 2 heterocycles. The quantitative estimate of drug-likeness (QED) is 0.745. The van der Waals surface area contributed by atoms with E-state index in [0.717, 1.165) is 42.7 Å². The maximum atomic E-state index is 12.9. The van der Waals surface area contributed by atoms with Crippen LogP contribution < -0.4 is 10.0 Å². The maximum absolute atomic E-state index is 12.9.